The number of hydrogen-bond donors (Lipinski definition) is 1. The Morgan fingerprint density at radius 2 is 2.09 bits per heavy atom. The number of esters is 1. The molecule has 2 rings (SSSR count). The normalized spacial score (nSPS) is 38.1. The third kappa shape index (κ3) is 3.00. The summed E-state index contributed by atoms with van der Waals surface area (Å²) < 4.78 is 5.86. The molecule has 0 aromatic carbocycles. The second-order valence-electron chi connectivity index (χ2n) is 8.04. The molecule has 130 valence electrons. The summed E-state index contributed by atoms with van der Waals surface area (Å²) in [7, 11) is 0. The predicted molar refractivity (Wildman–Crippen MR) is 92.9 cm³/mol. The molecule has 1 saturated carbocycles. The van der Waals surface area contributed by atoms with Crippen LogP contribution in [0.15, 0.2) is 23.3 Å². The molecule has 1 fully saturated rings. The van der Waals surface area contributed by atoms with Crippen molar-refractivity contribution in [2.75, 3.05) is 0 Å². The van der Waals surface area contributed by atoms with Crippen molar-refractivity contribution in [1.29, 1.82) is 0 Å². The first-order valence-corrected chi connectivity index (χ1v) is 8.89. The van der Waals surface area contributed by atoms with E-state index in [2.05, 4.69) is 33.8 Å². The molecule has 4 atom stereocenters. The van der Waals surface area contributed by atoms with Crippen LogP contribution in [0.25, 0.3) is 0 Å². The summed E-state index contributed by atoms with van der Waals surface area (Å²) in [6, 6.07) is 0. The van der Waals surface area contributed by atoms with Crippen molar-refractivity contribution in [2.45, 2.75) is 78.9 Å². The predicted octanol–water partition coefficient (Wildman–Crippen LogP) is 4.41. The highest BCUT2D eigenvalue weighted by molar-refractivity contribution is 5.87. The zero-order chi connectivity index (χ0) is 17.4. The maximum absolute atomic E-state index is 12.3. The van der Waals surface area contributed by atoms with Gasteiger partial charge in [0.05, 0.1) is 5.60 Å². The van der Waals surface area contributed by atoms with Gasteiger partial charge in [-0.3, -0.25) is 0 Å². The quantitative estimate of drug-likeness (QED) is 0.476. The topological polar surface area (TPSA) is 46.5 Å². The van der Waals surface area contributed by atoms with Crippen molar-refractivity contribution in [2.24, 2.45) is 17.3 Å². The Morgan fingerprint density at radius 1 is 1.43 bits per heavy atom. The van der Waals surface area contributed by atoms with Gasteiger partial charge >= 0.3 is 5.97 Å². The second-order valence-corrected chi connectivity index (χ2v) is 8.04. The standard InChI is InChI=1S/C20H32O3/c1-7-15(5)18(21)23-17-12-14(4)8-11-20(22)16(13(2)3)9-10-19(17,20)6/h7,12-13,16-17,22H,8-11H2,1-6H3/b15-7-/t16-,17-,19-,20-/m1/s1. The molecule has 3 heteroatoms. The van der Waals surface area contributed by atoms with Crippen molar-refractivity contribution in [3.63, 3.8) is 0 Å². The monoisotopic (exact) mass is 320 g/mol. The van der Waals surface area contributed by atoms with E-state index in [0.717, 1.165) is 25.7 Å². The van der Waals surface area contributed by atoms with Crippen molar-refractivity contribution in [3.05, 3.63) is 23.3 Å². The highest BCUT2D eigenvalue weighted by Crippen LogP contribution is 2.58. The Morgan fingerprint density at radius 3 is 2.65 bits per heavy atom. The lowest BCUT2D eigenvalue weighted by Crippen LogP contribution is -2.53. The summed E-state index contributed by atoms with van der Waals surface area (Å²) in [4.78, 5) is 12.3. The fourth-order valence-electron chi connectivity index (χ4n) is 4.48. The lowest BCUT2D eigenvalue weighted by molar-refractivity contribution is -0.166. The van der Waals surface area contributed by atoms with Crippen molar-refractivity contribution >= 4 is 5.97 Å². The molecule has 23 heavy (non-hydrogen) atoms. The van der Waals surface area contributed by atoms with E-state index in [4.69, 9.17) is 4.74 Å². The van der Waals surface area contributed by atoms with Crippen LogP contribution >= 0.6 is 0 Å². The molecule has 1 N–H and O–H groups in total. The number of carbonyl (C=O) groups is 1. The maximum Gasteiger partial charge on any atom is 0.333 e. The number of rotatable bonds is 3. The average Bonchev–Trinajstić information content (AvgIpc) is 2.72. The first-order valence-electron chi connectivity index (χ1n) is 8.89. The number of hydrogen-bond acceptors (Lipinski definition) is 3. The molecule has 0 aromatic rings. The highest BCUT2D eigenvalue weighted by atomic mass is 16.5. The lowest BCUT2D eigenvalue weighted by Gasteiger charge is -2.46. The largest absolute Gasteiger partial charge is 0.454 e. The third-order valence-electron chi connectivity index (χ3n) is 6.34. The number of carbonyl (C=O) groups excluding carboxylic acids is 1. The van der Waals surface area contributed by atoms with E-state index in [0.29, 0.717) is 11.5 Å². The Balaban J connectivity index is 2.40. The van der Waals surface area contributed by atoms with Crippen LogP contribution in [0.3, 0.4) is 0 Å². The third-order valence-corrected chi connectivity index (χ3v) is 6.34. The lowest BCUT2D eigenvalue weighted by atomic mass is 9.66. The van der Waals surface area contributed by atoms with Crippen LogP contribution in [0.1, 0.15) is 67.2 Å². The van der Waals surface area contributed by atoms with Gasteiger partial charge in [-0.25, -0.2) is 4.79 Å². The van der Waals surface area contributed by atoms with Gasteiger partial charge in [0, 0.05) is 11.0 Å². The maximum atomic E-state index is 12.3. The van der Waals surface area contributed by atoms with Crippen molar-refractivity contribution < 1.29 is 14.6 Å². The first-order chi connectivity index (χ1) is 10.7. The minimum absolute atomic E-state index is 0.260. The van der Waals surface area contributed by atoms with Crippen LogP contribution in [-0.4, -0.2) is 22.8 Å². The van der Waals surface area contributed by atoms with E-state index in [9.17, 15) is 9.90 Å². The molecule has 0 unspecified atom stereocenters. The molecule has 0 bridgehead atoms. The number of aliphatic hydroxyl groups is 1. The summed E-state index contributed by atoms with van der Waals surface area (Å²) in [6.45, 7) is 12.2. The fourth-order valence-corrected chi connectivity index (χ4v) is 4.48. The van der Waals surface area contributed by atoms with Crippen LogP contribution in [0.4, 0.5) is 0 Å². The summed E-state index contributed by atoms with van der Waals surface area (Å²) in [5, 5.41) is 11.6. The Hall–Kier alpha value is -1.09. The molecule has 0 saturated heterocycles. The van der Waals surface area contributed by atoms with Gasteiger partial charge in [-0.05, 0) is 64.4 Å². The SMILES string of the molecule is C/C=C(/C)C(=O)O[C@@H]1C=C(C)CC[C@@]2(O)[C@@H](C(C)C)CC[C@]12C. The molecule has 2 aliphatic rings. The second kappa shape index (κ2) is 6.43. The molecule has 0 amide bonds. The molecule has 0 aliphatic heterocycles. The molecule has 3 nitrogen and oxygen atoms in total. The zero-order valence-electron chi connectivity index (χ0n) is 15.5. The minimum atomic E-state index is -0.774. The summed E-state index contributed by atoms with van der Waals surface area (Å²) in [5.74, 6) is 0.407. The molecule has 0 radical (unpaired) electrons. The van der Waals surface area contributed by atoms with Crippen LogP contribution in [0.2, 0.25) is 0 Å². The van der Waals surface area contributed by atoms with Crippen molar-refractivity contribution in [1.82, 2.24) is 0 Å². The van der Waals surface area contributed by atoms with Gasteiger partial charge in [0.1, 0.15) is 6.10 Å². The van der Waals surface area contributed by atoms with Gasteiger partial charge in [0.15, 0.2) is 0 Å². The van der Waals surface area contributed by atoms with E-state index >= 15 is 0 Å². The Bertz CT molecular complexity index is 531. The van der Waals surface area contributed by atoms with E-state index in [1.54, 1.807) is 13.0 Å². The highest BCUT2D eigenvalue weighted by Gasteiger charge is 2.61. The Kier molecular flexibility index (Phi) is 5.10. The molecule has 0 heterocycles. The van der Waals surface area contributed by atoms with E-state index in [-0.39, 0.29) is 18.0 Å². The van der Waals surface area contributed by atoms with E-state index in [1.165, 1.54) is 5.57 Å². The summed E-state index contributed by atoms with van der Waals surface area (Å²) >= 11 is 0. The van der Waals surface area contributed by atoms with Gasteiger partial charge < -0.3 is 9.84 Å². The molecule has 0 spiro atoms. The molecular weight excluding hydrogens is 288 g/mol. The molecule has 2 aliphatic carbocycles. The van der Waals surface area contributed by atoms with Gasteiger partial charge in [-0.2, -0.15) is 0 Å². The average molecular weight is 320 g/mol. The smallest absolute Gasteiger partial charge is 0.333 e. The molecule has 0 aromatic heterocycles. The van der Waals surface area contributed by atoms with Crippen molar-refractivity contribution in [3.8, 4) is 0 Å². The molecular formula is C20H32O3. The fraction of sp³-hybridized carbons (Fsp3) is 0.750. The number of fused-ring (bicyclic) bond motifs is 1. The number of allylic oxidation sites excluding steroid dienone is 2. The van der Waals surface area contributed by atoms with Gasteiger partial charge in [0.2, 0.25) is 0 Å². The summed E-state index contributed by atoms with van der Waals surface area (Å²) in [5.41, 5.74) is 0.631. The van der Waals surface area contributed by atoms with E-state index < -0.39 is 11.0 Å². The van der Waals surface area contributed by atoms with Crippen LogP contribution in [0.5, 0.6) is 0 Å². The van der Waals surface area contributed by atoms with E-state index in [1.807, 2.05) is 6.92 Å². The van der Waals surface area contributed by atoms with Gasteiger partial charge in [-0.15, -0.1) is 0 Å². The van der Waals surface area contributed by atoms with Crippen LogP contribution in [0, 0.1) is 17.3 Å². The number of ether oxygens (including phenoxy) is 1. The van der Waals surface area contributed by atoms with Crippen LogP contribution in [-0.2, 0) is 9.53 Å². The minimum Gasteiger partial charge on any atom is -0.454 e. The van der Waals surface area contributed by atoms with Gasteiger partial charge in [0.25, 0.3) is 0 Å². The van der Waals surface area contributed by atoms with Crippen LogP contribution < -0.4 is 0 Å². The summed E-state index contributed by atoms with van der Waals surface area (Å²) in [6.07, 6.45) is 6.99. The van der Waals surface area contributed by atoms with Gasteiger partial charge in [-0.1, -0.05) is 32.4 Å². The first kappa shape index (κ1) is 18.3. The Labute approximate surface area is 140 Å². The zero-order valence-corrected chi connectivity index (χ0v) is 15.5.